The quantitative estimate of drug-likeness (QED) is 0.784. The van der Waals surface area contributed by atoms with Gasteiger partial charge in [0.2, 0.25) is 0 Å². The Kier molecular flexibility index (Phi) is 5.30. The molecule has 0 bridgehead atoms. The van der Waals surface area contributed by atoms with Gasteiger partial charge in [0.25, 0.3) is 0 Å². The fraction of sp³-hybridized carbons (Fsp3) is 0.375. The number of hydrogen-bond acceptors (Lipinski definition) is 4. The zero-order chi connectivity index (χ0) is 17.1. The molecule has 7 heteroatoms. The van der Waals surface area contributed by atoms with Gasteiger partial charge in [-0.25, -0.2) is 9.59 Å². The lowest BCUT2D eigenvalue weighted by molar-refractivity contribution is -0.143. The molecule has 1 aromatic carbocycles. The third-order valence-corrected chi connectivity index (χ3v) is 3.96. The van der Waals surface area contributed by atoms with Gasteiger partial charge in [-0.1, -0.05) is 6.07 Å². The molecule has 0 radical (unpaired) electrons. The molecule has 1 aliphatic rings. The standard InChI is InChI=1S/C16H19BrN2O4/c1-8(2)23-15(20)13-9(3)18-16(21)19-14(13)10-5-6-12(22-4)11(17)7-10/h5-8,14H,1-4H3,(H2,18,19,21)/t14-/m1/s1. The van der Waals surface area contributed by atoms with Crippen LogP contribution >= 0.6 is 15.9 Å². The van der Waals surface area contributed by atoms with Crippen molar-refractivity contribution in [2.75, 3.05) is 7.11 Å². The average Bonchev–Trinajstić information content (AvgIpc) is 2.45. The summed E-state index contributed by atoms with van der Waals surface area (Å²) in [7, 11) is 1.57. The van der Waals surface area contributed by atoms with Gasteiger partial charge in [0.1, 0.15) is 5.75 Å². The number of rotatable bonds is 4. The van der Waals surface area contributed by atoms with Crippen LogP contribution in [0.4, 0.5) is 4.79 Å². The molecule has 1 atom stereocenters. The maximum Gasteiger partial charge on any atom is 0.338 e. The molecule has 2 amide bonds. The molecule has 0 fully saturated rings. The lowest BCUT2D eigenvalue weighted by Crippen LogP contribution is -2.45. The Hall–Kier alpha value is -2.02. The summed E-state index contributed by atoms with van der Waals surface area (Å²) in [4.78, 5) is 24.2. The van der Waals surface area contributed by atoms with Gasteiger partial charge in [0, 0.05) is 5.70 Å². The molecule has 1 aliphatic heterocycles. The normalized spacial score (nSPS) is 17.7. The maximum absolute atomic E-state index is 12.4. The molecule has 0 aliphatic carbocycles. The fourth-order valence-electron chi connectivity index (χ4n) is 2.35. The molecular formula is C16H19BrN2O4. The Bertz CT molecular complexity index is 670. The van der Waals surface area contributed by atoms with Crippen LogP contribution in [0.3, 0.4) is 0 Å². The second-order valence-corrected chi connectivity index (χ2v) is 6.27. The van der Waals surface area contributed by atoms with Gasteiger partial charge in [0.15, 0.2) is 0 Å². The van der Waals surface area contributed by atoms with E-state index in [0.29, 0.717) is 17.0 Å². The van der Waals surface area contributed by atoms with E-state index in [4.69, 9.17) is 9.47 Å². The molecule has 6 nitrogen and oxygen atoms in total. The lowest BCUT2D eigenvalue weighted by Gasteiger charge is -2.28. The minimum atomic E-state index is -0.586. The number of urea groups is 1. The highest BCUT2D eigenvalue weighted by molar-refractivity contribution is 9.10. The highest BCUT2D eigenvalue weighted by Crippen LogP contribution is 2.33. The Morgan fingerprint density at radius 3 is 2.61 bits per heavy atom. The van der Waals surface area contributed by atoms with Crippen LogP contribution in [0.1, 0.15) is 32.4 Å². The molecule has 2 N–H and O–H groups in total. The summed E-state index contributed by atoms with van der Waals surface area (Å²) in [6.45, 7) is 5.24. The van der Waals surface area contributed by atoms with Crippen molar-refractivity contribution in [2.24, 2.45) is 0 Å². The van der Waals surface area contributed by atoms with Crippen molar-refractivity contribution in [1.82, 2.24) is 10.6 Å². The SMILES string of the molecule is COc1ccc([C@H]2NC(=O)NC(C)=C2C(=O)OC(C)C)cc1Br. The van der Waals surface area contributed by atoms with Gasteiger partial charge >= 0.3 is 12.0 Å². The van der Waals surface area contributed by atoms with E-state index in [1.807, 2.05) is 6.07 Å². The minimum Gasteiger partial charge on any atom is -0.496 e. The number of methoxy groups -OCH3 is 1. The molecule has 0 saturated carbocycles. The molecular weight excluding hydrogens is 364 g/mol. The van der Waals surface area contributed by atoms with Gasteiger partial charge in [-0.05, 0) is 54.4 Å². The van der Waals surface area contributed by atoms with E-state index in [2.05, 4.69) is 26.6 Å². The van der Waals surface area contributed by atoms with Crippen LogP contribution in [0.15, 0.2) is 33.9 Å². The number of carbonyl (C=O) groups is 2. The Balaban J connectivity index is 2.44. The van der Waals surface area contributed by atoms with E-state index in [1.165, 1.54) is 0 Å². The van der Waals surface area contributed by atoms with Crippen molar-refractivity contribution >= 4 is 27.9 Å². The maximum atomic E-state index is 12.4. The second-order valence-electron chi connectivity index (χ2n) is 5.42. The molecule has 124 valence electrons. The third kappa shape index (κ3) is 3.85. The molecule has 0 spiro atoms. The van der Waals surface area contributed by atoms with Crippen LogP contribution in [0, 0.1) is 0 Å². The number of allylic oxidation sites excluding steroid dienone is 1. The number of nitrogens with one attached hydrogen (secondary N) is 2. The zero-order valence-electron chi connectivity index (χ0n) is 13.4. The number of hydrogen-bond donors (Lipinski definition) is 2. The van der Waals surface area contributed by atoms with Crippen molar-refractivity contribution < 1.29 is 19.1 Å². The first-order valence-corrected chi connectivity index (χ1v) is 7.95. The van der Waals surface area contributed by atoms with Crippen LogP contribution in [0.2, 0.25) is 0 Å². The number of benzene rings is 1. The first-order chi connectivity index (χ1) is 10.8. The van der Waals surface area contributed by atoms with Crippen molar-refractivity contribution in [3.05, 3.63) is 39.5 Å². The fourth-order valence-corrected chi connectivity index (χ4v) is 2.91. The summed E-state index contributed by atoms with van der Waals surface area (Å²) >= 11 is 3.42. The molecule has 23 heavy (non-hydrogen) atoms. The summed E-state index contributed by atoms with van der Waals surface area (Å²) in [6.07, 6.45) is -0.247. The van der Waals surface area contributed by atoms with Crippen LogP contribution in [0.25, 0.3) is 0 Å². The van der Waals surface area contributed by atoms with Crippen LogP contribution < -0.4 is 15.4 Å². The molecule has 1 aromatic rings. The van der Waals surface area contributed by atoms with E-state index < -0.39 is 12.0 Å². The van der Waals surface area contributed by atoms with Gasteiger partial charge in [-0.3, -0.25) is 0 Å². The van der Waals surface area contributed by atoms with Crippen molar-refractivity contribution in [1.29, 1.82) is 0 Å². The van der Waals surface area contributed by atoms with Crippen LogP contribution in [-0.2, 0) is 9.53 Å². The van der Waals surface area contributed by atoms with Gasteiger partial charge in [-0.15, -0.1) is 0 Å². The first kappa shape index (κ1) is 17.3. The zero-order valence-corrected chi connectivity index (χ0v) is 15.0. The Morgan fingerprint density at radius 1 is 1.35 bits per heavy atom. The van der Waals surface area contributed by atoms with Crippen molar-refractivity contribution in [2.45, 2.75) is 32.9 Å². The summed E-state index contributed by atoms with van der Waals surface area (Å²) < 4.78 is 11.2. The number of ether oxygens (including phenoxy) is 2. The van der Waals surface area contributed by atoms with Gasteiger partial charge in [-0.2, -0.15) is 0 Å². The van der Waals surface area contributed by atoms with E-state index in [9.17, 15) is 9.59 Å². The average molecular weight is 383 g/mol. The lowest BCUT2D eigenvalue weighted by atomic mass is 9.95. The monoisotopic (exact) mass is 382 g/mol. The van der Waals surface area contributed by atoms with E-state index in [1.54, 1.807) is 40.0 Å². The topological polar surface area (TPSA) is 76.7 Å². The van der Waals surface area contributed by atoms with Crippen molar-refractivity contribution in [3.8, 4) is 5.75 Å². The second kappa shape index (κ2) is 7.04. The number of esters is 1. The summed E-state index contributed by atoms with van der Waals surface area (Å²) in [5, 5.41) is 5.37. The molecule has 0 aromatic heterocycles. The van der Waals surface area contributed by atoms with E-state index >= 15 is 0 Å². The van der Waals surface area contributed by atoms with Gasteiger partial charge < -0.3 is 20.1 Å². The Labute approximate surface area is 143 Å². The third-order valence-electron chi connectivity index (χ3n) is 3.34. The first-order valence-electron chi connectivity index (χ1n) is 7.16. The van der Waals surface area contributed by atoms with Crippen LogP contribution in [0.5, 0.6) is 5.75 Å². The summed E-state index contributed by atoms with van der Waals surface area (Å²) in [5.41, 5.74) is 1.62. The van der Waals surface area contributed by atoms with Crippen LogP contribution in [-0.4, -0.2) is 25.2 Å². The Morgan fingerprint density at radius 2 is 2.04 bits per heavy atom. The molecule has 1 heterocycles. The van der Waals surface area contributed by atoms with Gasteiger partial charge in [0.05, 0.1) is 29.3 Å². The molecule has 0 saturated heterocycles. The predicted octanol–water partition coefficient (Wildman–Crippen LogP) is 3.04. The highest BCUT2D eigenvalue weighted by atomic mass is 79.9. The van der Waals surface area contributed by atoms with E-state index in [-0.39, 0.29) is 12.1 Å². The largest absolute Gasteiger partial charge is 0.496 e. The minimum absolute atomic E-state index is 0.247. The number of amides is 2. The molecule has 2 rings (SSSR count). The van der Waals surface area contributed by atoms with E-state index in [0.717, 1.165) is 10.0 Å². The smallest absolute Gasteiger partial charge is 0.338 e. The highest BCUT2D eigenvalue weighted by Gasteiger charge is 2.32. The number of carbonyl (C=O) groups excluding carboxylic acids is 2. The summed E-state index contributed by atoms with van der Waals surface area (Å²) in [5.74, 6) is 0.211. The predicted molar refractivity (Wildman–Crippen MR) is 89.0 cm³/mol. The summed E-state index contributed by atoms with van der Waals surface area (Å²) in [6, 6.07) is 4.44. The molecule has 0 unspecified atom stereocenters. The van der Waals surface area contributed by atoms with Crippen molar-refractivity contribution in [3.63, 3.8) is 0 Å². The number of halogens is 1.